The number of aliphatic carboxylic acids is 1. The number of rotatable bonds is 9. The van der Waals surface area contributed by atoms with Crippen molar-refractivity contribution in [1.82, 2.24) is 4.72 Å². The van der Waals surface area contributed by atoms with Gasteiger partial charge in [0.1, 0.15) is 17.5 Å². The van der Waals surface area contributed by atoms with Gasteiger partial charge >= 0.3 is 18.4 Å². The molecule has 3 rings (SSSR count). The van der Waals surface area contributed by atoms with E-state index in [2.05, 4.69) is 14.8 Å². The topological polar surface area (TPSA) is 131 Å². The molecular weight excluding hydrogens is 517 g/mol. The molecule has 0 aliphatic carbocycles. The first-order chi connectivity index (χ1) is 17.4. The molecule has 37 heavy (non-hydrogen) atoms. The first-order valence-corrected chi connectivity index (χ1v) is 12.1. The van der Waals surface area contributed by atoms with E-state index < -0.39 is 40.2 Å². The van der Waals surface area contributed by atoms with E-state index in [0.29, 0.717) is 11.1 Å². The van der Waals surface area contributed by atoms with Crippen molar-refractivity contribution in [3.63, 3.8) is 0 Å². The highest BCUT2D eigenvalue weighted by Crippen LogP contribution is 2.26. The maximum atomic E-state index is 12.4. The Morgan fingerprint density at radius 2 is 1.41 bits per heavy atom. The number of carboxylic acid groups (broad SMARTS) is 1. The molecule has 0 heterocycles. The molecule has 9 nitrogen and oxygen atoms in total. The highest BCUT2D eigenvalue weighted by molar-refractivity contribution is 7.89. The molecule has 0 spiro atoms. The Kier molecular flexibility index (Phi) is 8.40. The molecule has 3 aromatic rings. The van der Waals surface area contributed by atoms with E-state index in [9.17, 15) is 31.2 Å². The maximum Gasteiger partial charge on any atom is 0.573 e. The molecule has 0 fully saturated rings. The van der Waals surface area contributed by atoms with E-state index in [1.807, 2.05) is 0 Å². The van der Waals surface area contributed by atoms with Crippen LogP contribution in [0, 0.1) is 0 Å². The monoisotopic (exact) mass is 538 g/mol. The number of nitrogens with one attached hydrogen (secondary N) is 2. The van der Waals surface area contributed by atoms with Gasteiger partial charge in [-0.2, -0.15) is 4.72 Å². The van der Waals surface area contributed by atoms with Gasteiger partial charge < -0.3 is 14.6 Å². The second kappa shape index (κ2) is 11.3. The summed E-state index contributed by atoms with van der Waals surface area (Å²) in [6, 6.07) is 15.3. The molecule has 3 aromatic carbocycles. The van der Waals surface area contributed by atoms with Crippen molar-refractivity contribution >= 4 is 27.8 Å². The molecule has 1 amide bonds. The Bertz CT molecular complexity index is 1340. The predicted molar refractivity (Wildman–Crippen MR) is 127 cm³/mol. The minimum atomic E-state index is -4.82. The number of carbonyl (C=O) groups is 2. The normalized spacial score (nSPS) is 12.4. The van der Waals surface area contributed by atoms with Gasteiger partial charge in [0.15, 0.2) is 0 Å². The van der Waals surface area contributed by atoms with Crippen LogP contribution in [-0.2, 0) is 14.8 Å². The molecule has 0 aliphatic heterocycles. The van der Waals surface area contributed by atoms with Crippen molar-refractivity contribution in [1.29, 1.82) is 0 Å². The van der Waals surface area contributed by atoms with E-state index in [1.165, 1.54) is 36.4 Å². The zero-order valence-corrected chi connectivity index (χ0v) is 20.0. The van der Waals surface area contributed by atoms with Crippen LogP contribution in [0.2, 0.25) is 0 Å². The van der Waals surface area contributed by atoms with E-state index >= 15 is 0 Å². The summed E-state index contributed by atoms with van der Waals surface area (Å²) >= 11 is 0. The third-order valence-electron chi connectivity index (χ3n) is 4.90. The highest BCUT2D eigenvalue weighted by atomic mass is 32.2. The number of benzene rings is 3. The Balaban J connectivity index is 1.60. The molecule has 3 N–H and O–H groups in total. The Hall–Kier alpha value is -4.10. The Morgan fingerprint density at radius 1 is 0.892 bits per heavy atom. The third-order valence-corrected chi connectivity index (χ3v) is 6.39. The summed E-state index contributed by atoms with van der Waals surface area (Å²) in [5.41, 5.74) is 1.53. The van der Waals surface area contributed by atoms with Gasteiger partial charge in [0.2, 0.25) is 10.0 Å². The van der Waals surface area contributed by atoms with Crippen LogP contribution in [-0.4, -0.2) is 38.0 Å². The van der Waals surface area contributed by atoms with Gasteiger partial charge in [-0.1, -0.05) is 31.2 Å². The highest BCUT2D eigenvalue weighted by Gasteiger charge is 2.31. The zero-order valence-electron chi connectivity index (χ0n) is 19.2. The van der Waals surface area contributed by atoms with Gasteiger partial charge in [0.25, 0.3) is 0 Å². The van der Waals surface area contributed by atoms with Crippen LogP contribution >= 0.6 is 0 Å². The quantitative estimate of drug-likeness (QED) is 0.349. The Labute approximate surface area is 209 Å². The SMILES string of the molecule is CCC(NS(=O)(=O)c1ccc(-c2ccc(OC(=O)Nc3ccc(OC(F)(F)F)cc3)cc2)cc1)C(=O)O. The van der Waals surface area contributed by atoms with Crippen molar-refractivity contribution in [3.8, 4) is 22.6 Å². The lowest BCUT2D eigenvalue weighted by Crippen LogP contribution is -2.40. The van der Waals surface area contributed by atoms with Gasteiger partial charge in [-0.15, -0.1) is 13.2 Å². The van der Waals surface area contributed by atoms with Crippen molar-refractivity contribution in [2.45, 2.75) is 30.6 Å². The number of sulfonamides is 1. The number of carbonyl (C=O) groups excluding carboxylic acids is 1. The van der Waals surface area contributed by atoms with E-state index in [4.69, 9.17) is 9.84 Å². The second-order valence-electron chi connectivity index (χ2n) is 7.56. The number of halogens is 3. The van der Waals surface area contributed by atoms with Gasteiger partial charge in [0.05, 0.1) is 4.90 Å². The third kappa shape index (κ3) is 7.95. The number of amides is 1. The van der Waals surface area contributed by atoms with Gasteiger partial charge in [0, 0.05) is 5.69 Å². The van der Waals surface area contributed by atoms with E-state index in [0.717, 1.165) is 12.1 Å². The minimum absolute atomic E-state index is 0.0856. The molecule has 1 unspecified atom stereocenters. The van der Waals surface area contributed by atoms with Crippen molar-refractivity contribution in [2.24, 2.45) is 0 Å². The Morgan fingerprint density at radius 3 is 1.89 bits per heavy atom. The van der Waals surface area contributed by atoms with E-state index in [1.54, 1.807) is 31.2 Å². The molecule has 0 saturated heterocycles. The van der Waals surface area contributed by atoms with Crippen LogP contribution < -0.4 is 19.5 Å². The molecule has 0 saturated carbocycles. The van der Waals surface area contributed by atoms with Crippen molar-refractivity contribution in [3.05, 3.63) is 72.8 Å². The second-order valence-corrected chi connectivity index (χ2v) is 9.27. The largest absolute Gasteiger partial charge is 0.573 e. The number of hydrogen-bond donors (Lipinski definition) is 3. The van der Waals surface area contributed by atoms with Crippen molar-refractivity contribution in [2.75, 3.05) is 5.32 Å². The van der Waals surface area contributed by atoms with Gasteiger partial charge in [-0.25, -0.2) is 13.2 Å². The number of ether oxygens (including phenoxy) is 2. The molecule has 0 radical (unpaired) electrons. The van der Waals surface area contributed by atoms with Crippen LogP contribution in [0.25, 0.3) is 11.1 Å². The van der Waals surface area contributed by atoms with Crippen molar-refractivity contribution < 1.29 is 45.8 Å². The number of carboxylic acids is 1. The van der Waals surface area contributed by atoms with Gasteiger partial charge in [-0.05, 0) is 66.1 Å². The lowest BCUT2D eigenvalue weighted by atomic mass is 10.1. The summed E-state index contributed by atoms with van der Waals surface area (Å²) in [5.74, 6) is -1.53. The van der Waals surface area contributed by atoms with Crippen LogP contribution in [0.1, 0.15) is 13.3 Å². The molecule has 13 heteroatoms. The summed E-state index contributed by atoms with van der Waals surface area (Å²) in [4.78, 5) is 23.1. The predicted octanol–water partition coefficient (Wildman–Crippen LogP) is 5.00. The molecule has 196 valence electrons. The fourth-order valence-electron chi connectivity index (χ4n) is 3.10. The summed E-state index contributed by atoms with van der Waals surface area (Å²) in [6.07, 6.45) is -5.61. The smallest absolute Gasteiger partial charge is 0.480 e. The average molecular weight is 539 g/mol. The summed E-state index contributed by atoms with van der Waals surface area (Å²) < 4.78 is 72.6. The van der Waals surface area contributed by atoms with Crippen LogP contribution in [0.4, 0.5) is 23.7 Å². The first kappa shape index (κ1) is 27.5. The van der Waals surface area contributed by atoms with Gasteiger partial charge in [-0.3, -0.25) is 10.1 Å². The molecule has 0 aromatic heterocycles. The first-order valence-electron chi connectivity index (χ1n) is 10.7. The minimum Gasteiger partial charge on any atom is -0.480 e. The molecule has 0 aliphatic rings. The lowest BCUT2D eigenvalue weighted by molar-refractivity contribution is -0.274. The molecular formula is C24H21F3N2O7S. The number of anilines is 1. The van der Waals surface area contributed by atoms with Crippen LogP contribution in [0.5, 0.6) is 11.5 Å². The van der Waals surface area contributed by atoms with Crippen LogP contribution in [0.15, 0.2) is 77.7 Å². The standard InChI is InChI=1S/C24H21F3N2O7S/c1-2-21(22(30)31)29-37(33,34)20-13-5-16(6-14-20)15-3-9-18(10-4-15)35-23(32)28-17-7-11-19(12-8-17)36-24(25,26)27/h3-14,21,29H,2H2,1H3,(H,28,32)(H,30,31). The summed E-state index contributed by atoms with van der Waals surface area (Å²) in [6.45, 7) is 1.55. The number of hydrogen-bond acceptors (Lipinski definition) is 6. The fourth-order valence-corrected chi connectivity index (χ4v) is 4.37. The number of alkyl halides is 3. The average Bonchev–Trinajstić information content (AvgIpc) is 2.83. The summed E-state index contributed by atoms with van der Waals surface area (Å²) in [5, 5.41) is 11.4. The molecule has 0 bridgehead atoms. The lowest BCUT2D eigenvalue weighted by Gasteiger charge is -2.13. The molecule has 1 atom stereocenters. The fraction of sp³-hybridized carbons (Fsp3) is 0.167. The summed E-state index contributed by atoms with van der Waals surface area (Å²) in [7, 11) is -4.02. The van der Waals surface area contributed by atoms with Crippen LogP contribution in [0.3, 0.4) is 0 Å². The van der Waals surface area contributed by atoms with E-state index in [-0.39, 0.29) is 22.8 Å². The maximum absolute atomic E-state index is 12.4. The zero-order chi connectivity index (χ0) is 27.2.